The molecule has 2 aromatic rings. The normalized spacial score (nSPS) is 10.1. The van der Waals surface area contributed by atoms with E-state index in [2.05, 4.69) is 13.0 Å². The summed E-state index contributed by atoms with van der Waals surface area (Å²) in [6.45, 7) is 2.79. The average Bonchev–Trinajstić information content (AvgIpc) is 2.38. The molecule has 86 valence electrons. The van der Waals surface area contributed by atoms with Gasteiger partial charge in [0.1, 0.15) is 17.4 Å². The van der Waals surface area contributed by atoms with Gasteiger partial charge in [-0.05, 0) is 17.9 Å². The van der Waals surface area contributed by atoms with Gasteiger partial charge in [0.25, 0.3) is 0 Å². The zero-order valence-corrected chi connectivity index (χ0v) is 9.94. The molecule has 0 aliphatic carbocycles. The molecule has 0 spiro atoms. The van der Waals surface area contributed by atoms with Gasteiger partial charge in [-0.3, -0.25) is 0 Å². The predicted octanol–water partition coefficient (Wildman–Crippen LogP) is 3.89. The van der Waals surface area contributed by atoms with Crippen LogP contribution in [-0.2, 0) is 0 Å². The molecule has 2 heteroatoms. The van der Waals surface area contributed by atoms with Crippen molar-refractivity contribution in [3.05, 3.63) is 42.0 Å². The lowest BCUT2D eigenvalue weighted by atomic mass is 10.0. The van der Waals surface area contributed by atoms with E-state index in [1.165, 1.54) is 0 Å². The SMILES string of the molecule is CCCCOc1ccc2ccccc2c1C#N. The van der Waals surface area contributed by atoms with Crippen LogP contribution in [0.3, 0.4) is 0 Å². The minimum absolute atomic E-state index is 0.638. The number of unbranched alkanes of at least 4 members (excludes halogenated alkanes) is 1. The number of rotatable bonds is 4. The second kappa shape index (κ2) is 5.36. The molecule has 17 heavy (non-hydrogen) atoms. The molecule has 0 unspecified atom stereocenters. The fraction of sp³-hybridized carbons (Fsp3) is 0.267. The van der Waals surface area contributed by atoms with Gasteiger partial charge in [0, 0.05) is 5.39 Å². The Bertz CT molecular complexity index is 554. The molecule has 0 heterocycles. The highest BCUT2D eigenvalue weighted by atomic mass is 16.5. The van der Waals surface area contributed by atoms with Crippen LogP contribution < -0.4 is 4.74 Å². The Hall–Kier alpha value is -2.01. The van der Waals surface area contributed by atoms with Crippen LogP contribution in [0.2, 0.25) is 0 Å². The van der Waals surface area contributed by atoms with Gasteiger partial charge in [0.2, 0.25) is 0 Å². The molecule has 0 bridgehead atoms. The highest BCUT2D eigenvalue weighted by molar-refractivity contribution is 5.90. The maximum Gasteiger partial charge on any atom is 0.137 e. The van der Waals surface area contributed by atoms with Crippen LogP contribution in [0, 0.1) is 11.3 Å². The van der Waals surface area contributed by atoms with Crippen molar-refractivity contribution in [2.24, 2.45) is 0 Å². The number of nitriles is 1. The Morgan fingerprint density at radius 2 is 2.00 bits per heavy atom. The van der Waals surface area contributed by atoms with Crippen molar-refractivity contribution < 1.29 is 4.74 Å². The number of hydrogen-bond acceptors (Lipinski definition) is 2. The van der Waals surface area contributed by atoms with E-state index >= 15 is 0 Å². The third-order valence-corrected chi connectivity index (χ3v) is 2.76. The summed E-state index contributed by atoms with van der Waals surface area (Å²) in [6.07, 6.45) is 2.10. The maximum atomic E-state index is 9.24. The van der Waals surface area contributed by atoms with Gasteiger partial charge in [-0.15, -0.1) is 0 Å². The smallest absolute Gasteiger partial charge is 0.137 e. The van der Waals surface area contributed by atoms with E-state index in [1.54, 1.807) is 0 Å². The summed E-state index contributed by atoms with van der Waals surface area (Å²) in [5.74, 6) is 0.694. The van der Waals surface area contributed by atoms with Crippen molar-refractivity contribution in [3.8, 4) is 11.8 Å². The molecule has 0 aromatic heterocycles. The quantitative estimate of drug-likeness (QED) is 0.739. The number of fused-ring (bicyclic) bond motifs is 1. The molecule has 0 fully saturated rings. The summed E-state index contributed by atoms with van der Waals surface area (Å²) in [6, 6.07) is 14.0. The zero-order chi connectivity index (χ0) is 12.1. The van der Waals surface area contributed by atoms with Crippen molar-refractivity contribution in [2.45, 2.75) is 19.8 Å². The Morgan fingerprint density at radius 1 is 1.18 bits per heavy atom. The molecular weight excluding hydrogens is 210 g/mol. The second-order valence-corrected chi connectivity index (χ2v) is 3.97. The van der Waals surface area contributed by atoms with Crippen LogP contribution in [0.5, 0.6) is 5.75 Å². The van der Waals surface area contributed by atoms with Gasteiger partial charge in [0.15, 0.2) is 0 Å². The van der Waals surface area contributed by atoms with Crippen LogP contribution in [0.1, 0.15) is 25.3 Å². The second-order valence-electron chi connectivity index (χ2n) is 3.97. The summed E-state index contributed by atoms with van der Waals surface area (Å²) in [5, 5.41) is 11.3. The number of ether oxygens (including phenoxy) is 1. The van der Waals surface area contributed by atoms with Crippen LogP contribution in [-0.4, -0.2) is 6.61 Å². The molecule has 2 nitrogen and oxygen atoms in total. The van der Waals surface area contributed by atoms with Crippen LogP contribution >= 0.6 is 0 Å². The summed E-state index contributed by atoms with van der Waals surface area (Å²) >= 11 is 0. The van der Waals surface area contributed by atoms with Crippen LogP contribution in [0.4, 0.5) is 0 Å². The van der Waals surface area contributed by atoms with Gasteiger partial charge >= 0.3 is 0 Å². The van der Waals surface area contributed by atoms with Crippen molar-refractivity contribution in [1.82, 2.24) is 0 Å². The van der Waals surface area contributed by atoms with Gasteiger partial charge < -0.3 is 4.74 Å². The molecule has 0 aliphatic rings. The van der Waals surface area contributed by atoms with E-state index in [4.69, 9.17) is 4.74 Å². The van der Waals surface area contributed by atoms with Crippen LogP contribution in [0.15, 0.2) is 36.4 Å². The van der Waals surface area contributed by atoms with E-state index in [9.17, 15) is 5.26 Å². The lowest BCUT2D eigenvalue weighted by Crippen LogP contribution is -1.98. The molecule has 0 saturated carbocycles. The van der Waals surface area contributed by atoms with Crippen molar-refractivity contribution in [2.75, 3.05) is 6.61 Å². The Balaban J connectivity index is 2.40. The Kier molecular flexibility index (Phi) is 3.62. The fourth-order valence-corrected chi connectivity index (χ4v) is 1.81. The van der Waals surface area contributed by atoms with Gasteiger partial charge in [-0.1, -0.05) is 43.7 Å². The highest BCUT2D eigenvalue weighted by Gasteiger charge is 2.07. The van der Waals surface area contributed by atoms with E-state index in [-0.39, 0.29) is 0 Å². The van der Waals surface area contributed by atoms with Crippen molar-refractivity contribution in [3.63, 3.8) is 0 Å². The maximum absolute atomic E-state index is 9.24. The summed E-state index contributed by atoms with van der Waals surface area (Å²) in [7, 11) is 0. The molecule has 0 amide bonds. The van der Waals surface area contributed by atoms with E-state index < -0.39 is 0 Å². The predicted molar refractivity (Wildman–Crippen MR) is 69.1 cm³/mol. The van der Waals surface area contributed by atoms with Gasteiger partial charge in [-0.25, -0.2) is 0 Å². The molecule has 0 radical (unpaired) electrons. The lowest BCUT2D eigenvalue weighted by molar-refractivity contribution is 0.309. The van der Waals surface area contributed by atoms with Gasteiger partial charge in [-0.2, -0.15) is 5.26 Å². The highest BCUT2D eigenvalue weighted by Crippen LogP contribution is 2.27. The summed E-state index contributed by atoms with van der Waals surface area (Å²) < 4.78 is 5.65. The minimum Gasteiger partial charge on any atom is -0.492 e. The van der Waals surface area contributed by atoms with E-state index in [0.29, 0.717) is 17.9 Å². The summed E-state index contributed by atoms with van der Waals surface area (Å²) in [5.41, 5.74) is 0.638. The number of hydrogen-bond donors (Lipinski definition) is 0. The number of nitrogens with zero attached hydrogens (tertiary/aromatic N) is 1. The molecule has 0 saturated heterocycles. The average molecular weight is 225 g/mol. The lowest BCUT2D eigenvalue weighted by Gasteiger charge is -2.09. The topological polar surface area (TPSA) is 33.0 Å². The molecule has 2 rings (SSSR count). The minimum atomic E-state index is 0.638. The first-order valence-electron chi connectivity index (χ1n) is 5.91. The zero-order valence-electron chi connectivity index (χ0n) is 9.94. The van der Waals surface area contributed by atoms with Crippen molar-refractivity contribution >= 4 is 10.8 Å². The third-order valence-electron chi connectivity index (χ3n) is 2.76. The first-order valence-corrected chi connectivity index (χ1v) is 5.91. The monoisotopic (exact) mass is 225 g/mol. The first-order chi connectivity index (χ1) is 8.36. The van der Waals surface area contributed by atoms with Gasteiger partial charge in [0.05, 0.1) is 6.61 Å². The summed E-state index contributed by atoms with van der Waals surface area (Å²) in [4.78, 5) is 0. The molecule has 0 N–H and O–H groups in total. The van der Waals surface area contributed by atoms with E-state index in [0.717, 1.165) is 23.6 Å². The molecule has 0 aliphatic heterocycles. The standard InChI is InChI=1S/C15H15NO/c1-2-3-10-17-15-9-8-12-6-4-5-7-13(12)14(15)11-16/h4-9H,2-3,10H2,1H3. The molecule has 2 aromatic carbocycles. The fourth-order valence-electron chi connectivity index (χ4n) is 1.81. The van der Waals surface area contributed by atoms with Crippen LogP contribution in [0.25, 0.3) is 10.8 Å². The van der Waals surface area contributed by atoms with E-state index in [1.807, 2.05) is 36.4 Å². The Labute approximate surface area is 101 Å². The van der Waals surface area contributed by atoms with Crippen molar-refractivity contribution in [1.29, 1.82) is 5.26 Å². The molecular formula is C15H15NO. The Morgan fingerprint density at radius 3 is 2.76 bits per heavy atom. The largest absolute Gasteiger partial charge is 0.492 e. The molecule has 0 atom stereocenters. The third kappa shape index (κ3) is 2.39. The number of benzene rings is 2. The first kappa shape index (κ1) is 11.5.